The SMILES string of the molecule is O=C(NCCNc1cnn(-c2ccccc2)c(=O)c1Cl)c1ccc(Br)cc1. The van der Waals surface area contributed by atoms with Gasteiger partial charge < -0.3 is 10.6 Å². The number of carbonyl (C=O) groups is 1. The van der Waals surface area contributed by atoms with Crippen LogP contribution in [0.25, 0.3) is 5.69 Å². The standard InChI is InChI=1S/C19H16BrClN4O2/c20-14-8-6-13(7-9-14)18(26)23-11-10-22-16-12-24-25(19(27)17(16)21)15-4-2-1-3-5-15/h1-9,12,22H,10-11H2,(H,23,26). The molecule has 6 nitrogen and oxygen atoms in total. The van der Waals surface area contributed by atoms with Gasteiger partial charge in [-0.1, -0.05) is 45.7 Å². The van der Waals surface area contributed by atoms with Gasteiger partial charge in [-0.3, -0.25) is 9.59 Å². The van der Waals surface area contributed by atoms with Gasteiger partial charge in [-0.15, -0.1) is 0 Å². The number of hydrogen-bond donors (Lipinski definition) is 2. The van der Waals surface area contributed by atoms with Crippen LogP contribution in [0.15, 0.2) is 70.1 Å². The van der Waals surface area contributed by atoms with Crippen LogP contribution in [0.5, 0.6) is 0 Å². The maximum Gasteiger partial charge on any atom is 0.292 e. The van der Waals surface area contributed by atoms with E-state index in [0.717, 1.165) is 4.47 Å². The molecular formula is C19H16BrClN4O2. The molecule has 8 heteroatoms. The number of aromatic nitrogens is 2. The molecule has 0 aliphatic heterocycles. The number of nitrogens with zero attached hydrogens (tertiary/aromatic N) is 2. The van der Waals surface area contributed by atoms with Crippen molar-refractivity contribution in [1.29, 1.82) is 0 Å². The highest BCUT2D eigenvalue weighted by molar-refractivity contribution is 9.10. The van der Waals surface area contributed by atoms with E-state index in [1.54, 1.807) is 36.4 Å². The minimum Gasteiger partial charge on any atom is -0.381 e. The van der Waals surface area contributed by atoms with Gasteiger partial charge in [0.1, 0.15) is 5.02 Å². The zero-order chi connectivity index (χ0) is 19.2. The lowest BCUT2D eigenvalue weighted by atomic mass is 10.2. The van der Waals surface area contributed by atoms with Crippen LogP contribution >= 0.6 is 27.5 Å². The molecule has 0 aliphatic rings. The molecule has 0 radical (unpaired) electrons. The van der Waals surface area contributed by atoms with Gasteiger partial charge in [-0.05, 0) is 36.4 Å². The van der Waals surface area contributed by atoms with E-state index >= 15 is 0 Å². The predicted molar refractivity (Wildman–Crippen MR) is 110 cm³/mol. The average molecular weight is 448 g/mol. The third kappa shape index (κ3) is 4.75. The third-order valence-corrected chi connectivity index (χ3v) is 4.65. The Morgan fingerprint density at radius 1 is 1.07 bits per heavy atom. The van der Waals surface area contributed by atoms with Crippen molar-refractivity contribution < 1.29 is 4.79 Å². The van der Waals surface area contributed by atoms with Crippen LogP contribution in [0.3, 0.4) is 0 Å². The monoisotopic (exact) mass is 446 g/mol. The number of hydrogen-bond acceptors (Lipinski definition) is 4. The molecule has 1 amide bonds. The summed E-state index contributed by atoms with van der Waals surface area (Å²) in [5.41, 5.74) is 1.22. The lowest BCUT2D eigenvalue weighted by molar-refractivity contribution is 0.0955. The first kappa shape index (κ1) is 19.1. The largest absolute Gasteiger partial charge is 0.381 e. The molecule has 0 spiro atoms. The highest BCUT2D eigenvalue weighted by atomic mass is 79.9. The number of para-hydroxylation sites is 1. The first-order valence-corrected chi connectivity index (χ1v) is 9.34. The molecule has 138 valence electrons. The second-order valence-electron chi connectivity index (χ2n) is 5.61. The highest BCUT2D eigenvalue weighted by Crippen LogP contribution is 2.16. The van der Waals surface area contributed by atoms with Gasteiger partial charge in [-0.25, -0.2) is 0 Å². The fraction of sp³-hybridized carbons (Fsp3) is 0.105. The van der Waals surface area contributed by atoms with Gasteiger partial charge in [0.25, 0.3) is 11.5 Å². The Hall–Kier alpha value is -2.64. The van der Waals surface area contributed by atoms with E-state index in [9.17, 15) is 9.59 Å². The number of rotatable bonds is 6. The van der Waals surface area contributed by atoms with Crippen LogP contribution in [0.4, 0.5) is 5.69 Å². The van der Waals surface area contributed by atoms with Crippen molar-refractivity contribution in [2.75, 3.05) is 18.4 Å². The minimum atomic E-state index is -0.410. The van der Waals surface area contributed by atoms with Gasteiger partial charge in [0.05, 0.1) is 17.6 Å². The van der Waals surface area contributed by atoms with Crippen molar-refractivity contribution in [3.05, 3.63) is 86.2 Å². The number of nitrogens with one attached hydrogen (secondary N) is 2. The summed E-state index contributed by atoms with van der Waals surface area (Å²) in [6, 6.07) is 16.1. The molecule has 2 N–H and O–H groups in total. The van der Waals surface area contributed by atoms with Crippen molar-refractivity contribution in [3.63, 3.8) is 0 Å². The summed E-state index contributed by atoms with van der Waals surface area (Å²) in [6.07, 6.45) is 1.49. The van der Waals surface area contributed by atoms with E-state index in [0.29, 0.717) is 30.0 Å². The Labute approximate surface area is 169 Å². The number of halogens is 2. The van der Waals surface area contributed by atoms with Crippen molar-refractivity contribution in [2.24, 2.45) is 0 Å². The van der Waals surface area contributed by atoms with Crippen molar-refractivity contribution >= 4 is 39.1 Å². The molecule has 0 saturated heterocycles. The maximum absolute atomic E-state index is 12.4. The van der Waals surface area contributed by atoms with Crippen molar-refractivity contribution in [2.45, 2.75) is 0 Å². The molecule has 0 fully saturated rings. The Bertz CT molecular complexity index is 991. The first-order chi connectivity index (χ1) is 13.1. The molecule has 1 heterocycles. The Balaban J connectivity index is 1.58. The quantitative estimate of drug-likeness (QED) is 0.567. The number of anilines is 1. The minimum absolute atomic E-state index is 0.0492. The van der Waals surface area contributed by atoms with Crippen molar-refractivity contribution in [3.8, 4) is 5.69 Å². The molecule has 0 saturated carbocycles. The molecule has 1 aromatic heterocycles. The molecule has 2 aromatic carbocycles. The summed E-state index contributed by atoms with van der Waals surface area (Å²) in [4.78, 5) is 24.4. The molecule has 27 heavy (non-hydrogen) atoms. The molecule has 3 aromatic rings. The van der Waals surface area contributed by atoms with Crippen LogP contribution in [0.1, 0.15) is 10.4 Å². The van der Waals surface area contributed by atoms with Gasteiger partial charge in [-0.2, -0.15) is 9.78 Å². The Morgan fingerprint density at radius 3 is 2.48 bits per heavy atom. The van der Waals surface area contributed by atoms with E-state index in [2.05, 4.69) is 31.7 Å². The second kappa shape index (κ2) is 8.83. The van der Waals surface area contributed by atoms with Gasteiger partial charge in [0.15, 0.2) is 0 Å². The van der Waals surface area contributed by atoms with E-state index < -0.39 is 5.56 Å². The lowest BCUT2D eigenvalue weighted by Gasteiger charge is -2.11. The van der Waals surface area contributed by atoms with E-state index in [1.807, 2.05) is 18.2 Å². The Morgan fingerprint density at radius 2 is 1.78 bits per heavy atom. The van der Waals surface area contributed by atoms with E-state index in [1.165, 1.54) is 10.9 Å². The smallest absolute Gasteiger partial charge is 0.292 e. The zero-order valence-corrected chi connectivity index (χ0v) is 16.5. The number of carbonyl (C=O) groups excluding carboxylic acids is 1. The van der Waals surface area contributed by atoms with Gasteiger partial charge in [0.2, 0.25) is 0 Å². The topological polar surface area (TPSA) is 76.0 Å². The zero-order valence-electron chi connectivity index (χ0n) is 14.2. The Kier molecular flexibility index (Phi) is 6.26. The van der Waals surface area contributed by atoms with Crippen LogP contribution in [-0.4, -0.2) is 28.8 Å². The summed E-state index contributed by atoms with van der Waals surface area (Å²) in [7, 11) is 0. The molecule has 0 bridgehead atoms. The average Bonchev–Trinajstić information content (AvgIpc) is 2.69. The molecule has 3 rings (SSSR count). The normalized spacial score (nSPS) is 10.4. The summed E-state index contributed by atoms with van der Waals surface area (Å²) < 4.78 is 2.15. The van der Waals surface area contributed by atoms with Crippen LogP contribution < -0.4 is 16.2 Å². The van der Waals surface area contributed by atoms with Crippen molar-refractivity contribution in [1.82, 2.24) is 15.1 Å². The molecular weight excluding hydrogens is 432 g/mol. The summed E-state index contributed by atoms with van der Waals surface area (Å²) >= 11 is 9.50. The molecule has 0 aliphatic carbocycles. The van der Waals surface area contributed by atoms with E-state index in [-0.39, 0.29) is 10.9 Å². The van der Waals surface area contributed by atoms with Crippen LogP contribution in [-0.2, 0) is 0 Å². The fourth-order valence-corrected chi connectivity index (χ4v) is 2.85. The predicted octanol–water partition coefficient (Wildman–Crippen LogP) is 3.49. The van der Waals surface area contributed by atoms with E-state index in [4.69, 9.17) is 11.6 Å². The third-order valence-electron chi connectivity index (χ3n) is 3.75. The lowest BCUT2D eigenvalue weighted by Crippen LogP contribution is -2.29. The number of benzene rings is 2. The maximum atomic E-state index is 12.4. The number of amides is 1. The summed E-state index contributed by atoms with van der Waals surface area (Å²) in [5.74, 6) is -0.173. The summed E-state index contributed by atoms with van der Waals surface area (Å²) in [5, 5.41) is 10.0. The molecule has 0 atom stereocenters. The summed E-state index contributed by atoms with van der Waals surface area (Å²) in [6.45, 7) is 0.769. The highest BCUT2D eigenvalue weighted by Gasteiger charge is 2.10. The second-order valence-corrected chi connectivity index (χ2v) is 6.91. The van der Waals surface area contributed by atoms with Gasteiger partial charge >= 0.3 is 0 Å². The molecule has 0 unspecified atom stereocenters. The first-order valence-electron chi connectivity index (χ1n) is 8.17. The fourth-order valence-electron chi connectivity index (χ4n) is 2.39. The van der Waals surface area contributed by atoms with Gasteiger partial charge in [0, 0.05) is 23.1 Å². The van der Waals surface area contributed by atoms with Crippen LogP contribution in [0, 0.1) is 0 Å². The van der Waals surface area contributed by atoms with Crippen LogP contribution in [0.2, 0.25) is 5.02 Å².